The number of halogens is 2. The van der Waals surface area contributed by atoms with Crippen molar-refractivity contribution in [3.63, 3.8) is 0 Å². The first-order valence-corrected chi connectivity index (χ1v) is 9.11. The number of methoxy groups -OCH3 is 3. The number of ether oxygens (including phenoxy) is 4. The van der Waals surface area contributed by atoms with Gasteiger partial charge in [0, 0.05) is 17.6 Å². The quantitative estimate of drug-likeness (QED) is 0.478. The Hall–Kier alpha value is -3.26. The van der Waals surface area contributed by atoms with Gasteiger partial charge in [0.15, 0.2) is 18.1 Å². The molecule has 0 aromatic heterocycles. The molecule has 1 N–H and O–H groups in total. The molecule has 0 heterocycles. The SMILES string of the molecule is COc1cc(/C=C/C(=O)OCC(=O)NCc2ccc(F)cc2Cl)cc(OC)c1OC. The zero-order valence-corrected chi connectivity index (χ0v) is 17.4. The number of carbonyl (C=O) groups excluding carboxylic acids is 2. The molecular formula is C21H21ClFNO6. The number of amides is 1. The van der Waals surface area contributed by atoms with E-state index in [-0.39, 0.29) is 11.6 Å². The van der Waals surface area contributed by atoms with Gasteiger partial charge in [-0.05, 0) is 41.5 Å². The summed E-state index contributed by atoms with van der Waals surface area (Å²) in [6.07, 6.45) is 2.66. The number of rotatable bonds is 9. The summed E-state index contributed by atoms with van der Waals surface area (Å²) < 4.78 is 33.6. The van der Waals surface area contributed by atoms with E-state index in [9.17, 15) is 14.0 Å². The van der Waals surface area contributed by atoms with Crippen LogP contribution in [0.2, 0.25) is 5.02 Å². The number of benzene rings is 2. The van der Waals surface area contributed by atoms with Gasteiger partial charge >= 0.3 is 5.97 Å². The fourth-order valence-electron chi connectivity index (χ4n) is 2.46. The lowest BCUT2D eigenvalue weighted by Crippen LogP contribution is -2.28. The average Bonchev–Trinajstić information content (AvgIpc) is 2.74. The first-order valence-electron chi connectivity index (χ1n) is 8.73. The van der Waals surface area contributed by atoms with Gasteiger partial charge in [0.1, 0.15) is 5.82 Å². The molecule has 0 aliphatic heterocycles. The molecule has 0 aliphatic rings. The van der Waals surface area contributed by atoms with E-state index in [2.05, 4.69) is 5.32 Å². The third-order valence-electron chi connectivity index (χ3n) is 3.94. The molecule has 2 aromatic rings. The topological polar surface area (TPSA) is 83.1 Å². The summed E-state index contributed by atoms with van der Waals surface area (Å²) in [4.78, 5) is 23.7. The zero-order chi connectivity index (χ0) is 22.1. The lowest BCUT2D eigenvalue weighted by atomic mass is 10.1. The fraction of sp³-hybridized carbons (Fsp3) is 0.238. The van der Waals surface area contributed by atoms with E-state index in [1.807, 2.05) is 0 Å². The van der Waals surface area contributed by atoms with Crippen LogP contribution in [0.1, 0.15) is 11.1 Å². The Morgan fingerprint density at radius 2 is 1.73 bits per heavy atom. The monoisotopic (exact) mass is 437 g/mol. The van der Waals surface area contributed by atoms with E-state index >= 15 is 0 Å². The van der Waals surface area contributed by atoms with E-state index in [4.69, 9.17) is 30.5 Å². The van der Waals surface area contributed by atoms with E-state index in [0.29, 0.717) is 28.4 Å². The van der Waals surface area contributed by atoms with Crippen LogP contribution in [-0.4, -0.2) is 39.8 Å². The molecule has 0 radical (unpaired) electrons. The molecule has 0 spiro atoms. The Labute approximate surface area is 178 Å². The van der Waals surface area contributed by atoms with E-state index < -0.39 is 24.3 Å². The minimum atomic E-state index is -0.710. The van der Waals surface area contributed by atoms with E-state index in [1.165, 1.54) is 45.6 Å². The summed E-state index contributed by atoms with van der Waals surface area (Å²) in [6, 6.07) is 7.16. The van der Waals surface area contributed by atoms with Crippen LogP contribution in [0, 0.1) is 5.82 Å². The Morgan fingerprint density at radius 1 is 1.07 bits per heavy atom. The molecule has 1 amide bonds. The molecule has 30 heavy (non-hydrogen) atoms. The minimum absolute atomic E-state index is 0.0801. The molecule has 0 aliphatic carbocycles. The third-order valence-corrected chi connectivity index (χ3v) is 4.29. The highest BCUT2D eigenvalue weighted by atomic mass is 35.5. The summed E-state index contributed by atoms with van der Waals surface area (Å²) in [5.41, 5.74) is 1.15. The lowest BCUT2D eigenvalue weighted by Gasteiger charge is -2.12. The molecule has 0 fully saturated rings. The van der Waals surface area contributed by atoms with Crippen molar-refractivity contribution in [1.29, 1.82) is 0 Å². The second-order valence-electron chi connectivity index (χ2n) is 5.91. The van der Waals surface area contributed by atoms with Crippen LogP contribution < -0.4 is 19.5 Å². The Balaban J connectivity index is 1.89. The zero-order valence-electron chi connectivity index (χ0n) is 16.7. The van der Waals surface area contributed by atoms with Gasteiger partial charge in [0.2, 0.25) is 5.75 Å². The highest BCUT2D eigenvalue weighted by molar-refractivity contribution is 6.31. The highest BCUT2D eigenvalue weighted by Gasteiger charge is 2.12. The third kappa shape index (κ3) is 6.38. The molecule has 0 saturated carbocycles. The number of nitrogens with one attached hydrogen (secondary N) is 1. The van der Waals surface area contributed by atoms with Crippen LogP contribution >= 0.6 is 11.6 Å². The molecule has 7 nitrogen and oxygen atoms in total. The maximum atomic E-state index is 13.0. The smallest absolute Gasteiger partial charge is 0.331 e. The van der Waals surface area contributed by atoms with Crippen LogP contribution in [0.5, 0.6) is 17.2 Å². The number of carbonyl (C=O) groups is 2. The molecule has 9 heteroatoms. The summed E-state index contributed by atoms with van der Waals surface area (Å²) in [5, 5.41) is 2.73. The summed E-state index contributed by atoms with van der Waals surface area (Å²) >= 11 is 5.89. The lowest BCUT2D eigenvalue weighted by molar-refractivity contribution is -0.143. The van der Waals surface area contributed by atoms with Crippen LogP contribution in [0.25, 0.3) is 6.08 Å². The predicted octanol–water partition coefficient (Wildman–Crippen LogP) is 3.38. The Morgan fingerprint density at radius 3 is 2.30 bits per heavy atom. The van der Waals surface area contributed by atoms with Crippen molar-refractivity contribution >= 4 is 29.6 Å². The maximum Gasteiger partial charge on any atom is 0.331 e. The highest BCUT2D eigenvalue weighted by Crippen LogP contribution is 2.38. The number of esters is 1. The van der Waals surface area contributed by atoms with Gasteiger partial charge < -0.3 is 24.3 Å². The second-order valence-corrected chi connectivity index (χ2v) is 6.32. The van der Waals surface area contributed by atoms with Gasteiger partial charge in [-0.25, -0.2) is 9.18 Å². The van der Waals surface area contributed by atoms with Gasteiger partial charge in [-0.15, -0.1) is 0 Å². The molecule has 2 aromatic carbocycles. The predicted molar refractivity (Wildman–Crippen MR) is 109 cm³/mol. The van der Waals surface area contributed by atoms with E-state index in [0.717, 1.165) is 6.07 Å². The van der Waals surface area contributed by atoms with Gasteiger partial charge in [-0.2, -0.15) is 0 Å². The van der Waals surface area contributed by atoms with Crippen molar-refractivity contribution in [2.75, 3.05) is 27.9 Å². The normalized spacial score (nSPS) is 10.6. The van der Waals surface area contributed by atoms with Gasteiger partial charge in [0.05, 0.1) is 21.3 Å². The first kappa shape index (κ1) is 23.0. The summed E-state index contributed by atoms with van der Waals surface area (Å²) in [6.45, 7) is -0.395. The molecule has 0 saturated heterocycles. The van der Waals surface area contributed by atoms with Crippen molar-refractivity contribution in [1.82, 2.24) is 5.32 Å². The largest absolute Gasteiger partial charge is 0.493 e. The number of hydrogen-bond donors (Lipinski definition) is 1. The van der Waals surface area contributed by atoms with E-state index in [1.54, 1.807) is 12.1 Å². The standard InChI is InChI=1S/C21H21ClFNO6/c1-27-17-8-13(9-18(28-2)21(17)29-3)4-7-20(26)30-12-19(25)24-11-14-5-6-15(23)10-16(14)22/h4-10H,11-12H2,1-3H3,(H,24,25)/b7-4+. The molecule has 0 unspecified atom stereocenters. The molecule has 0 bridgehead atoms. The molecule has 160 valence electrons. The molecular weight excluding hydrogens is 417 g/mol. The molecule has 0 atom stereocenters. The van der Waals surface area contributed by atoms with Crippen molar-refractivity contribution in [3.05, 3.63) is 58.4 Å². The molecule has 2 rings (SSSR count). The second kappa shape index (κ2) is 11.1. The van der Waals surface area contributed by atoms with Crippen molar-refractivity contribution in [2.24, 2.45) is 0 Å². The Bertz CT molecular complexity index is 922. The van der Waals surface area contributed by atoms with Crippen LogP contribution in [0.4, 0.5) is 4.39 Å². The van der Waals surface area contributed by atoms with Crippen LogP contribution in [0.3, 0.4) is 0 Å². The average molecular weight is 438 g/mol. The van der Waals surface area contributed by atoms with Gasteiger partial charge in [0.25, 0.3) is 5.91 Å². The van der Waals surface area contributed by atoms with Crippen LogP contribution in [0.15, 0.2) is 36.4 Å². The van der Waals surface area contributed by atoms with Crippen LogP contribution in [-0.2, 0) is 20.9 Å². The number of hydrogen-bond acceptors (Lipinski definition) is 6. The maximum absolute atomic E-state index is 13.0. The summed E-state index contributed by atoms with van der Waals surface area (Å²) in [5.74, 6) is -0.406. The first-order chi connectivity index (χ1) is 14.4. The Kier molecular flexibility index (Phi) is 8.49. The van der Waals surface area contributed by atoms with Crippen molar-refractivity contribution in [3.8, 4) is 17.2 Å². The summed E-state index contributed by atoms with van der Waals surface area (Å²) in [7, 11) is 4.45. The minimum Gasteiger partial charge on any atom is -0.493 e. The fourth-order valence-corrected chi connectivity index (χ4v) is 2.69. The van der Waals surface area contributed by atoms with Gasteiger partial charge in [-0.3, -0.25) is 4.79 Å². The van der Waals surface area contributed by atoms with Crippen molar-refractivity contribution < 1.29 is 32.9 Å². The van der Waals surface area contributed by atoms with Crippen molar-refractivity contribution in [2.45, 2.75) is 6.54 Å². The van der Waals surface area contributed by atoms with Gasteiger partial charge in [-0.1, -0.05) is 17.7 Å².